The van der Waals surface area contributed by atoms with E-state index in [1.165, 1.54) is 11.0 Å². The molecule has 1 fully saturated rings. The first-order chi connectivity index (χ1) is 16.4. The molecule has 1 saturated heterocycles. The molecule has 4 amide bonds. The van der Waals surface area contributed by atoms with E-state index in [4.69, 9.17) is 4.74 Å². The molecule has 0 bridgehead atoms. The molecule has 2 atom stereocenters. The first kappa shape index (κ1) is 26.5. The molecule has 1 aromatic carbocycles. The van der Waals surface area contributed by atoms with Crippen LogP contribution in [0.1, 0.15) is 46.2 Å². The van der Waals surface area contributed by atoms with Gasteiger partial charge in [0.1, 0.15) is 5.82 Å². The number of piperazine rings is 1. The van der Waals surface area contributed by atoms with E-state index in [2.05, 4.69) is 15.5 Å². The smallest absolute Gasteiger partial charge is 0.338 e. The maximum Gasteiger partial charge on any atom is 0.338 e. The largest absolute Gasteiger partial charge is 0.463 e. The van der Waals surface area contributed by atoms with Gasteiger partial charge in [0.25, 0.3) is 0 Å². The summed E-state index contributed by atoms with van der Waals surface area (Å²) in [6.45, 7) is 11.5. The molecule has 2 aliphatic rings. The van der Waals surface area contributed by atoms with Gasteiger partial charge < -0.3 is 20.3 Å². The molecule has 0 radical (unpaired) electrons. The Bertz CT molecular complexity index is 1010. The van der Waals surface area contributed by atoms with Crippen LogP contribution in [0, 0.1) is 5.82 Å². The predicted molar refractivity (Wildman–Crippen MR) is 130 cm³/mol. The Morgan fingerprint density at radius 3 is 2.51 bits per heavy atom. The van der Waals surface area contributed by atoms with Crippen molar-refractivity contribution in [3.05, 3.63) is 46.9 Å². The van der Waals surface area contributed by atoms with Crippen molar-refractivity contribution in [3.63, 3.8) is 0 Å². The lowest BCUT2D eigenvalue weighted by Crippen LogP contribution is -2.59. The number of urea groups is 2. The summed E-state index contributed by atoms with van der Waals surface area (Å²) in [7, 11) is 1.58. The monoisotopic (exact) mass is 489 g/mol. The highest BCUT2D eigenvalue weighted by Crippen LogP contribution is 2.33. The Labute approximate surface area is 206 Å². The van der Waals surface area contributed by atoms with E-state index in [1.54, 1.807) is 37.1 Å². The highest BCUT2D eigenvalue weighted by atomic mass is 19.1. The highest BCUT2D eigenvalue weighted by Gasteiger charge is 2.39. The Hall–Kier alpha value is -3.14. The molecule has 2 N–H and O–H groups in total. The Balaban J connectivity index is 1.90. The Morgan fingerprint density at radius 1 is 1.23 bits per heavy atom. The number of hydrogen-bond acceptors (Lipinski definition) is 5. The van der Waals surface area contributed by atoms with Crippen LogP contribution in [0.3, 0.4) is 0 Å². The van der Waals surface area contributed by atoms with Crippen molar-refractivity contribution < 1.29 is 23.5 Å². The lowest BCUT2D eigenvalue weighted by molar-refractivity contribution is -0.139. The van der Waals surface area contributed by atoms with Gasteiger partial charge in [-0.1, -0.05) is 18.2 Å². The number of carbonyl (C=O) groups is 3. The summed E-state index contributed by atoms with van der Waals surface area (Å²) in [5.41, 5.74) is 0.527. The number of esters is 1. The molecular formula is C25H36FN5O4. The third-order valence-electron chi connectivity index (χ3n) is 6.12. The SMILES string of the molecule is CCOC(=O)C1=C(CN2CCN(C(=O)NC(C)(C)C)C(C)C2)N(C)C(=O)NC1c1ccccc1F. The molecule has 2 aliphatic heterocycles. The van der Waals surface area contributed by atoms with Crippen LogP contribution < -0.4 is 10.6 Å². The van der Waals surface area contributed by atoms with Gasteiger partial charge in [0, 0.05) is 56.1 Å². The van der Waals surface area contributed by atoms with Gasteiger partial charge in [0.05, 0.1) is 18.2 Å². The number of hydrogen-bond donors (Lipinski definition) is 2. The first-order valence-electron chi connectivity index (χ1n) is 11.9. The van der Waals surface area contributed by atoms with Crippen molar-refractivity contribution >= 4 is 18.0 Å². The van der Waals surface area contributed by atoms with E-state index in [0.29, 0.717) is 25.3 Å². The van der Waals surface area contributed by atoms with Crippen molar-refractivity contribution in [1.29, 1.82) is 0 Å². The molecule has 1 aromatic rings. The fraction of sp³-hybridized carbons (Fsp3) is 0.560. The molecule has 0 aliphatic carbocycles. The van der Waals surface area contributed by atoms with Crippen LogP contribution in [0.15, 0.2) is 35.5 Å². The van der Waals surface area contributed by atoms with Gasteiger partial charge in [-0.05, 0) is 40.7 Å². The van der Waals surface area contributed by atoms with E-state index >= 15 is 0 Å². The van der Waals surface area contributed by atoms with E-state index < -0.39 is 23.9 Å². The minimum atomic E-state index is -0.967. The zero-order chi connectivity index (χ0) is 25.9. The van der Waals surface area contributed by atoms with Gasteiger partial charge in [0.15, 0.2) is 0 Å². The third-order valence-corrected chi connectivity index (χ3v) is 6.12. The Kier molecular flexibility index (Phi) is 8.04. The number of rotatable bonds is 5. The Morgan fingerprint density at radius 2 is 1.91 bits per heavy atom. The molecule has 0 aromatic heterocycles. The van der Waals surface area contributed by atoms with Crippen LogP contribution in [-0.4, -0.2) is 84.1 Å². The van der Waals surface area contributed by atoms with E-state index in [1.807, 2.05) is 27.7 Å². The molecule has 0 spiro atoms. The van der Waals surface area contributed by atoms with Crippen LogP contribution in [-0.2, 0) is 9.53 Å². The van der Waals surface area contributed by atoms with Crippen molar-refractivity contribution in [2.75, 3.05) is 39.8 Å². The van der Waals surface area contributed by atoms with Crippen LogP contribution in [0.2, 0.25) is 0 Å². The van der Waals surface area contributed by atoms with E-state index in [0.717, 1.165) is 0 Å². The van der Waals surface area contributed by atoms with Crippen molar-refractivity contribution in [1.82, 2.24) is 25.3 Å². The van der Waals surface area contributed by atoms with Gasteiger partial charge in [-0.15, -0.1) is 0 Å². The average molecular weight is 490 g/mol. The number of halogens is 1. The van der Waals surface area contributed by atoms with Crippen LogP contribution in [0.5, 0.6) is 0 Å². The van der Waals surface area contributed by atoms with Crippen LogP contribution in [0.4, 0.5) is 14.0 Å². The summed E-state index contributed by atoms with van der Waals surface area (Å²) in [5.74, 6) is -1.12. The fourth-order valence-corrected chi connectivity index (χ4v) is 4.42. The number of ether oxygens (including phenoxy) is 1. The van der Waals surface area contributed by atoms with Crippen molar-refractivity contribution in [2.45, 2.75) is 52.2 Å². The minimum absolute atomic E-state index is 0.0807. The summed E-state index contributed by atoms with van der Waals surface area (Å²) >= 11 is 0. The summed E-state index contributed by atoms with van der Waals surface area (Å²) in [6, 6.07) is 4.47. The highest BCUT2D eigenvalue weighted by molar-refractivity contribution is 5.95. The molecule has 2 heterocycles. The molecule has 2 unspecified atom stereocenters. The number of benzene rings is 1. The molecule has 3 rings (SSSR count). The lowest BCUT2D eigenvalue weighted by atomic mass is 9.93. The van der Waals surface area contributed by atoms with Gasteiger partial charge >= 0.3 is 18.0 Å². The summed E-state index contributed by atoms with van der Waals surface area (Å²) in [5, 5.41) is 5.74. The number of carbonyl (C=O) groups excluding carboxylic acids is 3. The molecule has 0 saturated carbocycles. The second-order valence-electron chi connectivity index (χ2n) is 10.0. The van der Waals surface area contributed by atoms with Gasteiger partial charge in [-0.25, -0.2) is 18.8 Å². The third kappa shape index (κ3) is 6.11. The zero-order valence-electron chi connectivity index (χ0n) is 21.4. The maximum atomic E-state index is 14.7. The molecular weight excluding hydrogens is 453 g/mol. The van der Waals surface area contributed by atoms with Crippen LogP contribution >= 0.6 is 0 Å². The second-order valence-corrected chi connectivity index (χ2v) is 10.0. The number of likely N-dealkylation sites (N-methyl/N-ethyl adjacent to an activating group) is 1. The average Bonchev–Trinajstić information content (AvgIpc) is 2.76. The standard InChI is InChI=1S/C25H36FN5O4/c1-7-35-22(32)20-19(29(6)23(33)27-21(20)17-10-8-9-11-18(17)26)15-30-12-13-31(16(2)14-30)24(34)28-25(3,4)5/h8-11,16,21H,7,12-15H2,1-6H3,(H,27,33)(H,28,34). The van der Waals surface area contributed by atoms with Crippen molar-refractivity contribution in [2.24, 2.45) is 0 Å². The zero-order valence-corrected chi connectivity index (χ0v) is 21.4. The number of nitrogens with one attached hydrogen (secondary N) is 2. The van der Waals surface area contributed by atoms with E-state index in [-0.39, 0.29) is 41.9 Å². The molecule has 10 heteroatoms. The predicted octanol–water partition coefficient (Wildman–Crippen LogP) is 2.85. The normalized spacial score (nSPS) is 21.6. The minimum Gasteiger partial charge on any atom is -0.463 e. The number of nitrogens with zero attached hydrogens (tertiary/aromatic N) is 3. The van der Waals surface area contributed by atoms with Crippen molar-refractivity contribution in [3.8, 4) is 0 Å². The lowest BCUT2D eigenvalue weighted by Gasteiger charge is -2.43. The summed E-state index contributed by atoms with van der Waals surface area (Å²) < 4.78 is 20.0. The quantitative estimate of drug-likeness (QED) is 0.621. The molecule has 35 heavy (non-hydrogen) atoms. The molecule has 192 valence electrons. The van der Waals surface area contributed by atoms with Gasteiger partial charge in [-0.2, -0.15) is 0 Å². The summed E-state index contributed by atoms with van der Waals surface area (Å²) in [6.07, 6.45) is 0. The van der Waals surface area contributed by atoms with Crippen LogP contribution in [0.25, 0.3) is 0 Å². The number of amides is 4. The first-order valence-corrected chi connectivity index (χ1v) is 11.9. The topological polar surface area (TPSA) is 94.2 Å². The molecule has 9 nitrogen and oxygen atoms in total. The van der Waals surface area contributed by atoms with E-state index in [9.17, 15) is 18.8 Å². The fourth-order valence-electron chi connectivity index (χ4n) is 4.42. The maximum absolute atomic E-state index is 14.7. The van der Waals surface area contributed by atoms with Gasteiger partial charge in [-0.3, -0.25) is 9.80 Å². The van der Waals surface area contributed by atoms with Gasteiger partial charge in [0.2, 0.25) is 0 Å². The second kappa shape index (κ2) is 10.6. The summed E-state index contributed by atoms with van der Waals surface area (Å²) in [4.78, 5) is 43.9.